The molecule has 6 heteroatoms. The van der Waals surface area contributed by atoms with Crippen molar-refractivity contribution in [2.24, 2.45) is 5.92 Å². The standard InChI is InChI=1S/C32H26ClNO4/c1-38-26-17-19(14-15-25(26)35)28-24-13-6-16-34(24)32(29(28)30(36)20-9-2-3-12-23(20)33)22-11-5-8-18-7-4-10-21(27(18)22)31(32)37/h2-5,7-12,14-15,17,24,28-29,35H,6,13,16H2,1H3. The van der Waals surface area contributed by atoms with Gasteiger partial charge in [-0.3, -0.25) is 14.5 Å². The van der Waals surface area contributed by atoms with Crippen molar-refractivity contribution in [3.8, 4) is 11.5 Å². The summed E-state index contributed by atoms with van der Waals surface area (Å²) in [6.45, 7) is 0.721. The van der Waals surface area contributed by atoms with E-state index in [0.29, 0.717) is 21.9 Å². The van der Waals surface area contributed by atoms with Crippen LogP contribution in [0, 0.1) is 5.92 Å². The number of methoxy groups -OCH3 is 1. The predicted octanol–water partition coefficient (Wildman–Crippen LogP) is 6.36. The largest absolute Gasteiger partial charge is 0.504 e. The van der Waals surface area contributed by atoms with Crippen LogP contribution in [0.2, 0.25) is 5.02 Å². The van der Waals surface area contributed by atoms with Gasteiger partial charge in [-0.1, -0.05) is 66.2 Å². The summed E-state index contributed by atoms with van der Waals surface area (Å²) in [5.41, 5.74) is 1.73. The Labute approximate surface area is 225 Å². The molecule has 5 nitrogen and oxygen atoms in total. The molecular weight excluding hydrogens is 498 g/mol. The Morgan fingerprint density at radius 1 is 1.05 bits per heavy atom. The molecule has 0 amide bonds. The van der Waals surface area contributed by atoms with Gasteiger partial charge < -0.3 is 9.84 Å². The highest BCUT2D eigenvalue weighted by atomic mass is 35.5. The van der Waals surface area contributed by atoms with E-state index in [4.69, 9.17) is 16.3 Å². The first-order valence-corrected chi connectivity index (χ1v) is 13.4. The number of hydrogen-bond donors (Lipinski definition) is 1. The van der Waals surface area contributed by atoms with E-state index in [1.165, 1.54) is 7.11 Å². The third kappa shape index (κ3) is 2.92. The first kappa shape index (κ1) is 23.4. The summed E-state index contributed by atoms with van der Waals surface area (Å²) in [7, 11) is 1.51. The topological polar surface area (TPSA) is 66.8 Å². The maximum absolute atomic E-state index is 14.7. The van der Waals surface area contributed by atoms with Crippen molar-refractivity contribution in [3.05, 3.63) is 106 Å². The van der Waals surface area contributed by atoms with Crippen LogP contribution in [-0.4, -0.2) is 41.3 Å². The number of Topliss-reactive ketones (excluding diaryl/α,β-unsaturated/α-hetero) is 2. The fourth-order valence-electron chi connectivity index (χ4n) is 7.53. The van der Waals surface area contributed by atoms with Crippen LogP contribution >= 0.6 is 11.6 Å². The van der Waals surface area contributed by atoms with Gasteiger partial charge >= 0.3 is 0 Å². The van der Waals surface area contributed by atoms with Crippen LogP contribution in [0.15, 0.2) is 78.9 Å². The lowest BCUT2D eigenvalue weighted by Crippen LogP contribution is -2.51. The molecule has 4 atom stereocenters. The highest BCUT2D eigenvalue weighted by Gasteiger charge is 2.69. The molecule has 2 fully saturated rings. The number of phenols is 1. The number of ether oxygens (including phenoxy) is 1. The van der Waals surface area contributed by atoms with E-state index in [-0.39, 0.29) is 29.3 Å². The second-order valence-electron chi connectivity index (χ2n) is 10.5. The van der Waals surface area contributed by atoms with Crippen molar-refractivity contribution < 1.29 is 19.4 Å². The van der Waals surface area contributed by atoms with E-state index in [2.05, 4.69) is 4.90 Å². The van der Waals surface area contributed by atoms with Crippen molar-refractivity contribution in [3.63, 3.8) is 0 Å². The number of ketones is 2. The number of aromatic hydroxyl groups is 1. The molecule has 1 aliphatic carbocycles. The molecule has 0 aromatic heterocycles. The number of halogens is 1. The second kappa shape index (κ2) is 8.42. The van der Waals surface area contributed by atoms with Crippen molar-refractivity contribution >= 4 is 33.9 Å². The molecule has 4 aromatic carbocycles. The zero-order chi connectivity index (χ0) is 26.2. The van der Waals surface area contributed by atoms with Crippen molar-refractivity contribution in [2.45, 2.75) is 30.3 Å². The third-order valence-corrected chi connectivity index (χ3v) is 9.22. The average Bonchev–Trinajstić information content (AvgIpc) is 3.59. The van der Waals surface area contributed by atoms with Gasteiger partial charge in [0.2, 0.25) is 0 Å². The van der Waals surface area contributed by atoms with Gasteiger partial charge in [-0.05, 0) is 65.6 Å². The van der Waals surface area contributed by atoms with E-state index >= 15 is 0 Å². The number of phenolic OH excluding ortho intramolecular Hbond substituents is 1. The minimum atomic E-state index is -1.14. The Morgan fingerprint density at radius 3 is 2.63 bits per heavy atom. The van der Waals surface area contributed by atoms with Crippen LogP contribution in [0.4, 0.5) is 0 Å². The van der Waals surface area contributed by atoms with Crippen molar-refractivity contribution in [2.75, 3.05) is 13.7 Å². The number of carbonyl (C=O) groups is 2. The first-order chi connectivity index (χ1) is 18.5. The highest BCUT2D eigenvalue weighted by molar-refractivity contribution is 6.34. The van der Waals surface area contributed by atoms with Crippen LogP contribution in [0.25, 0.3) is 10.8 Å². The van der Waals surface area contributed by atoms with E-state index in [0.717, 1.165) is 41.3 Å². The normalized spacial score (nSPS) is 25.8. The zero-order valence-electron chi connectivity index (χ0n) is 20.9. The predicted molar refractivity (Wildman–Crippen MR) is 146 cm³/mol. The van der Waals surface area contributed by atoms with E-state index in [9.17, 15) is 14.7 Å². The van der Waals surface area contributed by atoms with Gasteiger partial charge in [0.25, 0.3) is 0 Å². The lowest BCUT2D eigenvalue weighted by atomic mass is 9.68. The smallest absolute Gasteiger partial charge is 0.189 e. The third-order valence-electron chi connectivity index (χ3n) is 8.89. The van der Waals surface area contributed by atoms with E-state index < -0.39 is 11.5 Å². The first-order valence-electron chi connectivity index (χ1n) is 13.0. The summed E-state index contributed by atoms with van der Waals surface area (Å²) in [4.78, 5) is 31.8. The summed E-state index contributed by atoms with van der Waals surface area (Å²) in [6, 6.07) is 24.2. The number of rotatable bonds is 4. The van der Waals surface area contributed by atoms with Gasteiger partial charge in [-0.15, -0.1) is 0 Å². The van der Waals surface area contributed by atoms with Gasteiger partial charge in [0.15, 0.2) is 23.1 Å². The summed E-state index contributed by atoms with van der Waals surface area (Å²) < 4.78 is 5.45. The molecule has 2 heterocycles. The Hall–Kier alpha value is -3.67. The van der Waals surface area contributed by atoms with Crippen LogP contribution < -0.4 is 4.74 Å². The minimum Gasteiger partial charge on any atom is -0.504 e. The molecule has 0 saturated carbocycles. The lowest BCUT2D eigenvalue weighted by Gasteiger charge is -2.38. The molecule has 4 unspecified atom stereocenters. The molecule has 0 radical (unpaired) electrons. The Bertz CT molecular complexity index is 1640. The molecule has 0 bridgehead atoms. The number of hydrogen-bond acceptors (Lipinski definition) is 5. The molecule has 7 rings (SSSR count). The van der Waals surface area contributed by atoms with Crippen LogP contribution in [0.5, 0.6) is 11.5 Å². The van der Waals surface area contributed by atoms with Gasteiger partial charge in [-0.2, -0.15) is 0 Å². The molecule has 1 spiro atoms. The molecule has 190 valence electrons. The molecular formula is C32H26ClNO4. The summed E-state index contributed by atoms with van der Waals surface area (Å²) in [5, 5.41) is 12.7. The summed E-state index contributed by atoms with van der Waals surface area (Å²) >= 11 is 6.61. The number of benzene rings is 4. The van der Waals surface area contributed by atoms with E-state index in [1.54, 1.807) is 24.3 Å². The lowest BCUT2D eigenvalue weighted by molar-refractivity contribution is 0.0519. The number of carbonyl (C=O) groups excluding carboxylic acids is 2. The quantitative estimate of drug-likeness (QED) is 0.315. The van der Waals surface area contributed by atoms with Crippen molar-refractivity contribution in [1.82, 2.24) is 4.90 Å². The van der Waals surface area contributed by atoms with Crippen LogP contribution in [0.3, 0.4) is 0 Å². The molecule has 3 aliphatic rings. The molecule has 1 N–H and O–H groups in total. The SMILES string of the molecule is COc1cc(C2C3CCCN3C3(C(=O)c4cccc5cccc3c45)C2C(=O)c2ccccc2Cl)ccc1O. The maximum atomic E-state index is 14.7. The maximum Gasteiger partial charge on any atom is 0.189 e. The molecule has 4 aromatic rings. The van der Waals surface area contributed by atoms with Gasteiger partial charge in [0.05, 0.1) is 18.1 Å². The molecule has 38 heavy (non-hydrogen) atoms. The minimum absolute atomic E-state index is 0.0187. The molecule has 2 aliphatic heterocycles. The van der Waals surface area contributed by atoms with Gasteiger partial charge in [0, 0.05) is 23.1 Å². The number of fused-ring (bicyclic) bond motifs is 3. The van der Waals surface area contributed by atoms with Crippen LogP contribution in [0.1, 0.15) is 50.6 Å². The van der Waals surface area contributed by atoms with Gasteiger partial charge in [0.1, 0.15) is 5.54 Å². The van der Waals surface area contributed by atoms with Gasteiger partial charge in [-0.25, -0.2) is 0 Å². The summed E-state index contributed by atoms with van der Waals surface area (Å²) in [6.07, 6.45) is 1.80. The van der Waals surface area contributed by atoms with E-state index in [1.807, 2.05) is 54.6 Å². The Morgan fingerprint density at radius 2 is 1.84 bits per heavy atom. The molecule has 2 saturated heterocycles. The second-order valence-corrected chi connectivity index (χ2v) is 10.9. The number of nitrogens with zero attached hydrogens (tertiary/aromatic N) is 1. The van der Waals surface area contributed by atoms with Crippen LogP contribution in [-0.2, 0) is 5.54 Å². The van der Waals surface area contributed by atoms with Crippen molar-refractivity contribution in [1.29, 1.82) is 0 Å². The average molecular weight is 524 g/mol. The fourth-order valence-corrected chi connectivity index (χ4v) is 7.76. The Balaban J connectivity index is 1.54. The highest BCUT2D eigenvalue weighted by Crippen LogP contribution is 2.62. The summed E-state index contributed by atoms with van der Waals surface area (Å²) in [5.74, 6) is -0.790. The zero-order valence-corrected chi connectivity index (χ0v) is 21.6. The fraction of sp³-hybridized carbons (Fsp3) is 0.250. The Kier molecular flexibility index (Phi) is 5.19. The monoisotopic (exact) mass is 523 g/mol.